The fraction of sp³-hybridized carbons (Fsp3) is 0.467. The molecule has 2 aliphatic heterocycles. The zero-order valence-corrected chi connectivity index (χ0v) is 12.3. The summed E-state index contributed by atoms with van der Waals surface area (Å²) >= 11 is 1.61. The van der Waals surface area contributed by atoms with Crippen molar-refractivity contribution in [1.29, 1.82) is 0 Å². The van der Waals surface area contributed by atoms with Crippen LogP contribution in [0.4, 0.5) is 0 Å². The predicted molar refractivity (Wildman–Crippen MR) is 78.5 cm³/mol. The van der Waals surface area contributed by atoms with E-state index in [4.69, 9.17) is 9.84 Å². The van der Waals surface area contributed by atoms with Gasteiger partial charge in [0.15, 0.2) is 6.10 Å². The maximum Gasteiger partial charge on any atom is 0.308 e. The van der Waals surface area contributed by atoms with Gasteiger partial charge in [-0.2, -0.15) is 0 Å². The Labute approximate surface area is 127 Å². The van der Waals surface area contributed by atoms with Crippen LogP contribution >= 0.6 is 11.8 Å². The molecule has 2 atom stereocenters. The number of thioether (sulfide) groups is 1. The van der Waals surface area contributed by atoms with Gasteiger partial charge in [-0.1, -0.05) is 12.1 Å². The number of aliphatic carboxylic acids is 1. The highest BCUT2D eigenvalue weighted by Gasteiger charge is 2.34. The number of piperidine rings is 1. The molecule has 0 saturated carbocycles. The maximum atomic E-state index is 12.5. The summed E-state index contributed by atoms with van der Waals surface area (Å²) in [6.45, 7) is 0.912. The molecule has 1 fully saturated rings. The number of amides is 1. The van der Waals surface area contributed by atoms with E-state index in [-0.39, 0.29) is 5.91 Å². The van der Waals surface area contributed by atoms with Gasteiger partial charge in [-0.3, -0.25) is 9.59 Å². The van der Waals surface area contributed by atoms with E-state index < -0.39 is 18.0 Å². The molecular weight excluding hydrogens is 290 g/mol. The third-order valence-electron chi connectivity index (χ3n) is 3.87. The number of para-hydroxylation sites is 1. The molecule has 1 aromatic carbocycles. The van der Waals surface area contributed by atoms with Crippen LogP contribution in [-0.2, 0) is 9.59 Å². The number of hydrogen-bond donors (Lipinski definition) is 1. The standard InChI is InChI=1S/C15H17NO4S/c17-14(16-7-3-4-10(8-16)15(18)19)12-9-21-13-6-2-1-5-11(13)20-12/h1-2,5-6,10,12H,3-4,7-9H2,(H,18,19). The van der Waals surface area contributed by atoms with Crippen molar-refractivity contribution in [2.75, 3.05) is 18.8 Å². The number of carboxylic acid groups (broad SMARTS) is 1. The van der Waals surface area contributed by atoms with Gasteiger partial charge in [0.1, 0.15) is 5.75 Å². The number of carbonyl (C=O) groups is 2. The lowest BCUT2D eigenvalue weighted by atomic mass is 9.98. The molecule has 0 spiro atoms. The Morgan fingerprint density at radius 2 is 2.14 bits per heavy atom. The lowest BCUT2D eigenvalue weighted by molar-refractivity contribution is -0.147. The van der Waals surface area contributed by atoms with Crippen molar-refractivity contribution in [3.05, 3.63) is 24.3 Å². The van der Waals surface area contributed by atoms with Crippen molar-refractivity contribution in [2.45, 2.75) is 23.8 Å². The average molecular weight is 307 g/mol. The zero-order chi connectivity index (χ0) is 14.8. The van der Waals surface area contributed by atoms with E-state index in [2.05, 4.69) is 0 Å². The predicted octanol–water partition coefficient (Wildman–Crippen LogP) is 1.86. The summed E-state index contributed by atoms with van der Waals surface area (Å²) in [5.41, 5.74) is 0. The van der Waals surface area contributed by atoms with Crippen molar-refractivity contribution in [3.63, 3.8) is 0 Å². The third-order valence-corrected chi connectivity index (χ3v) is 4.98. The first kappa shape index (κ1) is 14.3. The zero-order valence-electron chi connectivity index (χ0n) is 11.5. The van der Waals surface area contributed by atoms with Crippen molar-refractivity contribution in [2.24, 2.45) is 5.92 Å². The molecule has 0 aromatic heterocycles. The van der Waals surface area contributed by atoms with Gasteiger partial charge in [-0.05, 0) is 25.0 Å². The second-order valence-corrected chi connectivity index (χ2v) is 6.39. The second kappa shape index (κ2) is 5.97. The summed E-state index contributed by atoms with van der Waals surface area (Å²) < 4.78 is 5.78. The monoisotopic (exact) mass is 307 g/mol. The average Bonchev–Trinajstić information content (AvgIpc) is 2.53. The highest BCUT2D eigenvalue weighted by Crippen LogP contribution is 2.35. The van der Waals surface area contributed by atoms with Gasteiger partial charge in [0, 0.05) is 23.7 Å². The van der Waals surface area contributed by atoms with E-state index in [1.165, 1.54) is 0 Å². The van der Waals surface area contributed by atoms with Crippen LogP contribution in [-0.4, -0.2) is 46.8 Å². The molecular formula is C15H17NO4S. The van der Waals surface area contributed by atoms with E-state index in [9.17, 15) is 9.59 Å². The maximum absolute atomic E-state index is 12.5. The molecule has 3 rings (SSSR count). The molecule has 1 saturated heterocycles. The minimum absolute atomic E-state index is 0.0945. The van der Waals surface area contributed by atoms with Crippen LogP contribution in [0.15, 0.2) is 29.2 Å². The SMILES string of the molecule is O=C(O)C1CCCN(C(=O)C2CSc3ccccc3O2)C1. The molecule has 21 heavy (non-hydrogen) atoms. The van der Waals surface area contributed by atoms with Crippen LogP contribution in [0.5, 0.6) is 5.75 Å². The van der Waals surface area contributed by atoms with Crippen LogP contribution < -0.4 is 4.74 Å². The number of nitrogens with zero attached hydrogens (tertiary/aromatic N) is 1. The second-order valence-electron chi connectivity index (χ2n) is 5.33. The van der Waals surface area contributed by atoms with Gasteiger partial charge in [-0.15, -0.1) is 11.8 Å². The fourth-order valence-electron chi connectivity index (χ4n) is 2.72. The summed E-state index contributed by atoms with van der Waals surface area (Å²) in [7, 11) is 0. The van der Waals surface area contributed by atoms with Gasteiger partial charge >= 0.3 is 5.97 Å². The molecule has 6 heteroatoms. The van der Waals surface area contributed by atoms with Crippen molar-refractivity contribution < 1.29 is 19.4 Å². The summed E-state index contributed by atoms with van der Waals surface area (Å²) in [6.07, 6.45) is 0.860. The highest BCUT2D eigenvalue weighted by molar-refractivity contribution is 7.99. The van der Waals surface area contributed by atoms with Gasteiger partial charge in [0.05, 0.1) is 5.92 Å². The van der Waals surface area contributed by atoms with Crippen LogP contribution in [0.25, 0.3) is 0 Å². The molecule has 0 bridgehead atoms. The fourth-order valence-corrected chi connectivity index (χ4v) is 3.70. The third kappa shape index (κ3) is 3.00. The van der Waals surface area contributed by atoms with E-state index in [1.54, 1.807) is 16.7 Å². The molecule has 0 radical (unpaired) electrons. The van der Waals surface area contributed by atoms with Gasteiger partial charge < -0.3 is 14.7 Å². The molecule has 2 aliphatic rings. The van der Waals surface area contributed by atoms with Crippen LogP contribution in [0, 0.1) is 5.92 Å². The molecule has 1 aromatic rings. The van der Waals surface area contributed by atoms with Crippen molar-refractivity contribution in [3.8, 4) is 5.75 Å². The lowest BCUT2D eigenvalue weighted by Gasteiger charge is -2.34. The number of carboxylic acids is 1. The topological polar surface area (TPSA) is 66.8 Å². The number of rotatable bonds is 2. The van der Waals surface area contributed by atoms with Crippen LogP contribution in [0.2, 0.25) is 0 Å². The number of likely N-dealkylation sites (tertiary alicyclic amines) is 1. The lowest BCUT2D eigenvalue weighted by Crippen LogP contribution is -2.49. The van der Waals surface area contributed by atoms with E-state index in [1.807, 2.05) is 24.3 Å². The quantitative estimate of drug-likeness (QED) is 0.903. The molecule has 5 nitrogen and oxygen atoms in total. The first-order valence-electron chi connectivity index (χ1n) is 7.05. The van der Waals surface area contributed by atoms with E-state index >= 15 is 0 Å². The Bertz CT molecular complexity index is 562. The first-order chi connectivity index (χ1) is 10.1. The molecule has 2 unspecified atom stereocenters. The molecule has 0 aliphatic carbocycles. The van der Waals surface area contributed by atoms with E-state index in [0.29, 0.717) is 25.3 Å². The smallest absolute Gasteiger partial charge is 0.308 e. The van der Waals surface area contributed by atoms with E-state index in [0.717, 1.165) is 17.1 Å². The Morgan fingerprint density at radius 1 is 1.33 bits per heavy atom. The number of ether oxygens (including phenoxy) is 1. The van der Waals surface area contributed by atoms with Crippen molar-refractivity contribution in [1.82, 2.24) is 4.90 Å². The molecule has 112 valence electrons. The number of carbonyl (C=O) groups excluding carboxylic acids is 1. The van der Waals surface area contributed by atoms with Crippen molar-refractivity contribution >= 4 is 23.6 Å². The Balaban J connectivity index is 1.67. The number of fused-ring (bicyclic) bond motifs is 1. The normalized spacial score (nSPS) is 24.9. The Kier molecular flexibility index (Phi) is 4.05. The minimum atomic E-state index is -0.822. The summed E-state index contributed by atoms with van der Waals surface area (Å²) in [4.78, 5) is 26.3. The van der Waals surface area contributed by atoms with Gasteiger partial charge in [-0.25, -0.2) is 0 Å². The Hall–Kier alpha value is -1.69. The van der Waals surface area contributed by atoms with Gasteiger partial charge in [0.2, 0.25) is 0 Å². The molecule has 2 heterocycles. The highest BCUT2D eigenvalue weighted by atomic mass is 32.2. The molecule has 1 amide bonds. The summed E-state index contributed by atoms with van der Waals surface area (Å²) in [6, 6.07) is 7.66. The summed E-state index contributed by atoms with van der Waals surface area (Å²) in [5.74, 6) is -0.0609. The largest absolute Gasteiger partial charge is 0.481 e. The summed E-state index contributed by atoms with van der Waals surface area (Å²) in [5, 5.41) is 9.10. The number of hydrogen-bond acceptors (Lipinski definition) is 4. The van der Waals surface area contributed by atoms with Crippen LogP contribution in [0.1, 0.15) is 12.8 Å². The van der Waals surface area contributed by atoms with Gasteiger partial charge in [0.25, 0.3) is 5.91 Å². The van der Waals surface area contributed by atoms with Crippen LogP contribution in [0.3, 0.4) is 0 Å². The molecule has 1 N–H and O–H groups in total. The number of benzene rings is 1. The Morgan fingerprint density at radius 3 is 2.95 bits per heavy atom. The first-order valence-corrected chi connectivity index (χ1v) is 8.04. The minimum Gasteiger partial charge on any atom is -0.481 e.